The van der Waals surface area contributed by atoms with Gasteiger partial charge in [0.1, 0.15) is 11.5 Å². The Morgan fingerprint density at radius 2 is 1.54 bits per heavy atom. The molecule has 2 aliphatic rings. The van der Waals surface area contributed by atoms with Crippen LogP contribution in [0.3, 0.4) is 0 Å². The van der Waals surface area contributed by atoms with Crippen LogP contribution in [0.25, 0.3) is 0 Å². The third-order valence-electron chi connectivity index (χ3n) is 7.02. The average molecular weight is 389 g/mol. The minimum Gasteiger partial charge on any atom is -0.508 e. The molecular formula is C24H36O4. The summed E-state index contributed by atoms with van der Waals surface area (Å²) < 4.78 is 0. The molecule has 0 bridgehead atoms. The van der Waals surface area contributed by atoms with Crippen LogP contribution in [0.1, 0.15) is 95.1 Å². The summed E-state index contributed by atoms with van der Waals surface area (Å²) in [6.07, 6.45) is 14.6. The minimum atomic E-state index is -0.637. The standard InChI is InChI=1S/C24H36O4/c1-23(12-13-23)10-6-2-4-8-18-16-19(25)17-21(26)20(18)9-5-3-7-11-24(14-15-24)22(27)28/h16-17,25-26H,2-15H2,1H3,(H,27,28). The maximum absolute atomic E-state index is 11.2. The van der Waals surface area contributed by atoms with Crippen LogP contribution < -0.4 is 0 Å². The molecule has 2 aliphatic carbocycles. The SMILES string of the molecule is CC1(CCCCCc2cc(O)cc(O)c2CCCCCC2(C(=O)O)CC2)CC1. The zero-order valence-electron chi connectivity index (χ0n) is 17.3. The largest absolute Gasteiger partial charge is 0.508 e. The number of carboxylic acids is 1. The molecule has 0 heterocycles. The van der Waals surface area contributed by atoms with Crippen molar-refractivity contribution in [3.8, 4) is 11.5 Å². The smallest absolute Gasteiger partial charge is 0.309 e. The number of aryl methyl sites for hydroxylation is 1. The van der Waals surface area contributed by atoms with Gasteiger partial charge in [0.15, 0.2) is 0 Å². The molecule has 3 N–H and O–H groups in total. The number of benzene rings is 1. The zero-order chi connectivity index (χ0) is 20.2. The van der Waals surface area contributed by atoms with Gasteiger partial charge in [0.05, 0.1) is 5.41 Å². The van der Waals surface area contributed by atoms with E-state index in [1.165, 1.54) is 38.2 Å². The van der Waals surface area contributed by atoms with Gasteiger partial charge in [-0.2, -0.15) is 0 Å². The van der Waals surface area contributed by atoms with Crippen molar-refractivity contribution in [2.24, 2.45) is 10.8 Å². The van der Waals surface area contributed by atoms with Crippen molar-refractivity contribution in [1.82, 2.24) is 0 Å². The molecule has 2 saturated carbocycles. The fraction of sp³-hybridized carbons (Fsp3) is 0.708. The quantitative estimate of drug-likeness (QED) is 0.364. The van der Waals surface area contributed by atoms with E-state index in [0.717, 1.165) is 68.9 Å². The van der Waals surface area contributed by atoms with Gasteiger partial charge >= 0.3 is 5.97 Å². The van der Waals surface area contributed by atoms with E-state index in [2.05, 4.69) is 6.92 Å². The van der Waals surface area contributed by atoms with Gasteiger partial charge in [-0.25, -0.2) is 0 Å². The third-order valence-corrected chi connectivity index (χ3v) is 7.02. The molecule has 0 saturated heterocycles. The first kappa shape index (κ1) is 21.0. The van der Waals surface area contributed by atoms with Crippen LogP contribution in [0.4, 0.5) is 0 Å². The number of carboxylic acid groups (broad SMARTS) is 1. The van der Waals surface area contributed by atoms with Crippen molar-refractivity contribution in [3.63, 3.8) is 0 Å². The summed E-state index contributed by atoms with van der Waals surface area (Å²) in [6, 6.07) is 3.25. The van der Waals surface area contributed by atoms with E-state index in [-0.39, 0.29) is 11.5 Å². The first-order chi connectivity index (χ1) is 13.3. The molecule has 0 aliphatic heterocycles. The fourth-order valence-corrected chi connectivity index (χ4v) is 4.38. The molecule has 1 aromatic carbocycles. The minimum absolute atomic E-state index is 0.138. The highest BCUT2D eigenvalue weighted by atomic mass is 16.4. The van der Waals surface area contributed by atoms with Gasteiger partial charge in [-0.15, -0.1) is 0 Å². The Hall–Kier alpha value is -1.71. The predicted octanol–water partition coefficient (Wildman–Crippen LogP) is 5.97. The average Bonchev–Trinajstić information content (AvgIpc) is 3.54. The van der Waals surface area contributed by atoms with Crippen molar-refractivity contribution >= 4 is 5.97 Å². The molecule has 0 amide bonds. The first-order valence-electron chi connectivity index (χ1n) is 11.1. The fourth-order valence-electron chi connectivity index (χ4n) is 4.38. The van der Waals surface area contributed by atoms with Crippen molar-refractivity contribution in [3.05, 3.63) is 23.3 Å². The van der Waals surface area contributed by atoms with E-state index in [0.29, 0.717) is 5.41 Å². The Labute approximate surface area is 169 Å². The number of aromatic hydroxyl groups is 2. The molecule has 0 atom stereocenters. The highest BCUT2D eigenvalue weighted by molar-refractivity contribution is 5.77. The Kier molecular flexibility index (Phi) is 6.57. The Bertz CT molecular complexity index is 686. The van der Waals surface area contributed by atoms with Gasteiger partial charge in [-0.05, 0) is 86.8 Å². The lowest BCUT2D eigenvalue weighted by Gasteiger charge is -2.14. The van der Waals surface area contributed by atoms with Crippen LogP contribution in [0.5, 0.6) is 11.5 Å². The van der Waals surface area contributed by atoms with Gasteiger partial charge < -0.3 is 15.3 Å². The maximum atomic E-state index is 11.2. The molecule has 2 fully saturated rings. The summed E-state index contributed by atoms with van der Waals surface area (Å²) in [5, 5.41) is 29.4. The predicted molar refractivity (Wildman–Crippen MR) is 111 cm³/mol. The van der Waals surface area contributed by atoms with E-state index in [4.69, 9.17) is 0 Å². The Balaban J connectivity index is 1.42. The molecule has 1 aromatic rings. The number of phenols is 2. The van der Waals surface area contributed by atoms with Crippen LogP contribution >= 0.6 is 0 Å². The molecule has 0 aromatic heterocycles. The summed E-state index contributed by atoms with van der Waals surface area (Å²) in [7, 11) is 0. The normalized spacial score (nSPS) is 18.8. The van der Waals surface area contributed by atoms with Crippen LogP contribution in [0.15, 0.2) is 12.1 Å². The lowest BCUT2D eigenvalue weighted by molar-refractivity contribution is -0.143. The van der Waals surface area contributed by atoms with Gasteiger partial charge in [-0.3, -0.25) is 4.79 Å². The molecule has 156 valence electrons. The number of hydrogen-bond donors (Lipinski definition) is 3. The number of hydrogen-bond acceptors (Lipinski definition) is 3. The number of aliphatic carboxylic acids is 1. The van der Waals surface area contributed by atoms with E-state index < -0.39 is 11.4 Å². The first-order valence-corrected chi connectivity index (χ1v) is 11.1. The van der Waals surface area contributed by atoms with Crippen LogP contribution in [-0.2, 0) is 17.6 Å². The molecular weight excluding hydrogens is 352 g/mol. The van der Waals surface area contributed by atoms with Crippen molar-refractivity contribution in [2.45, 2.75) is 96.8 Å². The number of carbonyl (C=O) groups is 1. The summed E-state index contributed by atoms with van der Waals surface area (Å²) >= 11 is 0. The van der Waals surface area contributed by atoms with Gasteiger partial charge in [0.2, 0.25) is 0 Å². The summed E-state index contributed by atoms with van der Waals surface area (Å²) in [5.41, 5.74) is 2.22. The third kappa shape index (κ3) is 5.65. The monoisotopic (exact) mass is 388 g/mol. The lowest BCUT2D eigenvalue weighted by atomic mass is 9.93. The number of rotatable bonds is 13. The van der Waals surface area contributed by atoms with Gasteiger partial charge in [0.25, 0.3) is 0 Å². The Morgan fingerprint density at radius 1 is 0.893 bits per heavy atom. The van der Waals surface area contributed by atoms with E-state index in [1.54, 1.807) is 6.07 Å². The Morgan fingerprint density at radius 3 is 2.14 bits per heavy atom. The zero-order valence-corrected chi connectivity index (χ0v) is 17.3. The number of unbranched alkanes of at least 4 members (excludes halogenated alkanes) is 4. The van der Waals surface area contributed by atoms with E-state index in [9.17, 15) is 20.1 Å². The van der Waals surface area contributed by atoms with Crippen LogP contribution in [-0.4, -0.2) is 21.3 Å². The molecule has 3 rings (SSSR count). The maximum Gasteiger partial charge on any atom is 0.309 e. The molecule has 0 radical (unpaired) electrons. The van der Waals surface area contributed by atoms with Crippen molar-refractivity contribution in [1.29, 1.82) is 0 Å². The molecule has 28 heavy (non-hydrogen) atoms. The summed E-state index contributed by atoms with van der Waals surface area (Å²) in [5.74, 6) is -0.301. The highest BCUT2D eigenvalue weighted by Crippen LogP contribution is 2.50. The van der Waals surface area contributed by atoms with Crippen LogP contribution in [0.2, 0.25) is 0 Å². The number of phenolic OH excluding ortho intramolecular Hbond substituents is 2. The summed E-state index contributed by atoms with van der Waals surface area (Å²) in [4.78, 5) is 11.2. The highest BCUT2D eigenvalue weighted by Gasteiger charge is 2.49. The van der Waals surface area contributed by atoms with E-state index in [1.807, 2.05) is 0 Å². The van der Waals surface area contributed by atoms with Crippen molar-refractivity contribution < 1.29 is 20.1 Å². The molecule has 0 unspecified atom stereocenters. The lowest BCUT2D eigenvalue weighted by Crippen LogP contribution is -2.14. The second-order valence-electron chi connectivity index (χ2n) is 9.62. The van der Waals surface area contributed by atoms with Crippen molar-refractivity contribution in [2.75, 3.05) is 0 Å². The summed E-state index contributed by atoms with van der Waals surface area (Å²) in [6.45, 7) is 2.37. The molecule has 0 spiro atoms. The topological polar surface area (TPSA) is 77.8 Å². The van der Waals surface area contributed by atoms with Crippen LogP contribution in [0, 0.1) is 10.8 Å². The van der Waals surface area contributed by atoms with Gasteiger partial charge in [-0.1, -0.05) is 32.6 Å². The van der Waals surface area contributed by atoms with E-state index >= 15 is 0 Å². The second kappa shape index (κ2) is 8.75. The molecule has 4 nitrogen and oxygen atoms in total. The molecule has 4 heteroatoms. The second-order valence-corrected chi connectivity index (χ2v) is 9.62. The van der Waals surface area contributed by atoms with Gasteiger partial charge in [0, 0.05) is 6.07 Å².